The van der Waals surface area contributed by atoms with E-state index in [0.29, 0.717) is 6.42 Å². The lowest BCUT2D eigenvalue weighted by Crippen LogP contribution is -2.33. The van der Waals surface area contributed by atoms with E-state index in [2.05, 4.69) is 20.8 Å². The molecule has 0 N–H and O–H groups in total. The second kappa shape index (κ2) is 6.43. The maximum absolute atomic E-state index is 11.2. The Morgan fingerprint density at radius 3 is 2.25 bits per heavy atom. The van der Waals surface area contributed by atoms with Gasteiger partial charge in [-0.25, -0.2) is 0 Å². The maximum atomic E-state index is 11.2. The van der Waals surface area contributed by atoms with E-state index in [1.165, 1.54) is 0 Å². The minimum atomic E-state index is 0.203. The molecule has 0 aliphatic heterocycles. The molecule has 0 aromatic heterocycles. The van der Waals surface area contributed by atoms with Gasteiger partial charge in [0.2, 0.25) is 5.91 Å². The Kier molecular flexibility index (Phi) is 6.38. The third-order valence-electron chi connectivity index (χ3n) is 1.62. The number of alkyl halides is 1. The van der Waals surface area contributed by atoms with Crippen molar-refractivity contribution in [2.75, 3.05) is 39.6 Å². The molecule has 0 unspecified atom stereocenters. The van der Waals surface area contributed by atoms with E-state index in [1.807, 2.05) is 21.1 Å². The lowest BCUT2D eigenvalue weighted by molar-refractivity contribution is -0.129. The minimum Gasteiger partial charge on any atom is -0.344 e. The van der Waals surface area contributed by atoms with E-state index >= 15 is 0 Å². The molecule has 0 rings (SSSR count). The molecule has 72 valence electrons. The van der Waals surface area contributed by atoms with Crippen LogP contribution in [0, 0.1) is 0 Å². The largest absolute Gasteiger partial charge is 0.344 e. The first-order chi connectivity index (χ1) is 5.57. The van der Waals surface area contributed by atoms with Gasteiger partial charge in [0.1, 0.15) is 0 Å². The van der Waals surface area contributed by atoms with Crippen LogP contribution in [-0.2, 0) is 4.79 Å². The second-order valence-electron chi connectivity index (χ2n) is 3.06. The minimum absolute atomic E-state index is 0.203. The van der Waals surface area contributed by atoms with Crippen LogP contribution in [0.4, 0.5) is 0 Å². The summed E-state index contributed by atoms with van der Waals surface area (Å²) in [6, 6.07) is 0. The Balaban J connectivity index is 3.56. The van der Waals surface area contributed by atoms with E-state index in [-0.39, 0.29) is 5.91 Å². The summed E-state index contributed by atoms with van der Waals surface area (Å²) in [5.74, 6) is 0.203. The first kappa shape index (κ1) is 11.9. The van der Waals surface area contributed by atoms with Crippen LogP contribution in [0.25, 0.3) is 0 Å². The standard InChI is InChI=1S/C8H17BrN2O/c1-10(2)6-7-11(3)8(12)4-5-9/h4-7H2,1-3H3. The molecule has 0 heterocycles. The van der Waals surface area contributed by atoms with E-state index in [4.69, 9.17) is 0 Å². The summed E-state index contributed by atoms with van der Waals surface area (Å²) in [5, 5.41) is 0.748. The van der Waals surface area contributed by atoms with Gasteiger partial charge in [-0.05, 0) is 14.1 Å². The summed E-state index contributed by atoms with van der Waals surface area (Å²) >= 11 is 3.24. The Bertz CT molecular complexity index is 139. The van der Waals surface area contributed by atoms with Crippen LogP contribution in [0.5, 0.6) is 0 Å². The monoisotopic (exact) mass is 236 g/mol. The first-order valence-corrected chi connectivity index (χ1v) is 5.14. The fraction of sp³-hybridized carbons (Fsp3) is 0.875. The van der Waals surface area contributed by atoms with E-state index < -0.39 is 0 Å². The highest BCUT2D eigenvalue weighted by molar-refractivity contribution is 9.09. The zero-order valence-corrected chi connectivity index (χ0v) is 9.60. The molecule has 0 spiro atoms. The highest BCUT2D eigenvalue weighted by Crippen LogP contribution is 1.94. The molecule has 0 saturated carbocycles. The third-order valence-corrected chi connectivity index (χ3v) is 2.01. The van der Waals surface area contributed by atoms with Crippen LogP contribution >= 0.6 is 15.9 Å². The molecule has 0 fully saturated rings. The molecule has 0 bridgehead atoms. The molecule has 0 saturated heterocycles. The highest BCUT2D eigenvalue weighted by Gasteiger charge is 2.06. The topological polar surface area (TPSA) is 23.6 Å². The van der Waals surface area contributed by atoms with Gasteiger partial charge in [-0.2, -0.15) is 0 Å². The molecule has 0 aliphatic rings. The van der Waals surface area contributed by atoms with Crippen molar-refractivity contribution in [2.45, 2.75) is 6.42 Å². The van der Waals surface area contributed by atoms with Crippen molar-refractivity contribution in [1.29, 1.82) is 0 Å². The molecular formula is C8H17BrN2O. The van der Waals surface area contributed by atoms with Gasteiger partial charge in [0.25, 0.3) is 0 Å². The Labute approximate surface area is 82.8 Å². The number of hydrogen-bond acceptors (Lipinski definition) is 2. The van der Waals surface area contributed by atoms with Crippen molar-refractivity contribution < 1.29 is 4.79 Å². The van der Waals surface area contributed by atoms with Crippen LogP contribution in [-0.4, -0.2) is 55.3 Å². The van der Waals surface area contributed by atoms with Gasteiger partial charge in [0, 0.05) is 31.9 Å². The molecule has 12 heavy (non-hydrogen) atoms. The number of halogens is 1. The maximum Gasteiger partial charge on any atom is 0.223 e. The van der Waals surface area contributed by atoms with Crippen molar-refractivity contribution in [3.05, 3.63) is 0 Å². The fourth-order valence-electron chi connectivity index (χ4n) is 0.746. The molecule has 0 atom stereocenters. The van der Waals surface area contributed by atoms with E-state index in [0.717, 1.165) is 18.4 Å². The molecule has 1 amide bonds. The van der Waals surface area contributed by atoms with Crippen LogP contribution in [0.15, 0.2) is 0 Å². The summed E-state index contributed by atoms with van der Waals surface area (Å²) in [5.41, 5.74) is 0. The first-order valence-electron chi connectivity index (χ1n) is 4.02. The van der Waals surface area contributed by atoms with Gasteiger partial charge >= 0.3 is 0 Å². The van der Waals surface area contributed by atoms with Gasteiger partial charge in [-0.1, -0.05) is 15.9 Å². The highest BCUT2D eigenvalue weighted by atomic mass is 79.9. The van der Waals surface area contributed by atoms with Crippen molar-refractivity contribution in [3.8, 4) is 0 Å². The normalized spacial score (nSPS) is 10.4. The van der Waals surface area contributed by atoms with Gasteiger partial charge in [0.15, 0.2) is 0 Å². The van der Waals surface area contributed by atoms with Crippen LogP contribution < -0.4 is 0 Å². The molecule has 4 heteroatoms. The van der Waals surface area contributed by atoms with E-state index in [1.54, 1.807) is 4.90 Å². The fourth-order valence-corrected chi connectivity index (χ4v) is 1.09. The number of likely N-dealkylation sites (N-methyl/N-ethyl adjacent to an activating group) is 2. The van der Waals surface area contributed by atoms with E-state index in [9.17, 15) is 4.79 Å². The Morgan fingerprint density at radius 2 is 1.83 bits per heavy atom. The summed E-state index contributed by atoms with van der Waals surface area (Å²) in [6.07, 6.45) is 0.587. The summed E-state index contributed by atoms with van der Waals surface area (Å²) in [4.78, 5) is 15.1. The number of amides is 1. The van der Waals surface area contributed by atoms with Crippen LogP contribution in [0.3, 0.4) is 0 Å². The number of rotatable bonds is 5. The van der Waals surface area contributed by atoms with Gasteiger partial charge in [-0.15, -0.1) is 0 Å². The predicted molar refractivity (Wildman–Crippen MR) is 54.6 cm³/mol. The van der Waals surface area contributed by atoms with Crippen molar-refractivity contribution >= 4 is 21.8 Å². The van der Waals surface area contributed by atoms with Crippen molar-refractivity contribution in [2.24, 2.45) is 0 Å². The molecule has 0 aromatic rings. The third kappa shape index (κ3) is 5.55. The number of carbonyl (C=O) groups is 1. The zero-order chi connectivity index (χ0) is 9.56. The van der Waals surface area contributed by atoms with Gasteiger partial charge in [-0.3, -0.25) is 4.79 Å². The smallest absolute Gasteiger partial charge is 0.223 e. The Morgan fingerprint density at radius 1 is 1.25 bits per heavy atom. The summed E-state index contributed by atoms with van der Waals surface area (Å²) in [7, 11) is 5.85. The quantitative estimate of drug-likeness (QED) is 0.660. The number of hydrogen-bond donors (Lipinski definition) is 0. The summed E-state index contributed by atoms with van der Waals surface area (Å²) < 4.78 is 0. The van der Waals surface area contributed by atoms with Gasteiger partial charge < -0.3 is 9.80 Å². The molecular weight excluding hydrogens is 220 g/mol. The number of nitrogens with zero attached hydrogens (tertiary/aromatic N) is 2. The molecule has 0 aromatic carbocycles. The average Bonchev–Trinajstić information content (AvgIpc) is 2.00. The second-order valence-corrected chi connectivity index (χ2v) is 3.85. The zero-order valence-electron chi connectivity index (χ0n) is 8.01. The molecule has 3 nitrogen and oxygen atoms in total. The molecule has 0 radical (unpaired) electrons. The number of carbonyl (C=O) groups excluding carboxylic acids is 1. The van der Waals surface area contributed by atoms with Crippen LogP contribution in [0.1, 0.15) is 6.42 Å². The SMILES string of the molecule is CN(C)CCN(C)C(=O)CCBr. The van der Waals surface area contributed by atoms with Crippen LogP contribution in [0.2, 0.25) is 0 Å². The lowest BCUT2D eigenvalue weighted by atomic mass is 10.4. The average molecular weight is 237 g/mol. The predicted octanol–water partition coefficient (Wildman–Crippen LogP) is 0.791. The van der Waals surface area contributed by atoms with Crippen molar-refractivity contribution in [1.82, 2.24) is 9.80 Å². The summed E-state index contributed by atoms with van der Waals surface area (Å²) in [6.45, 7) is 1.73. The Hall–Kier alpha value is -0.0900. The van der Waals surface area contributed by atoms with Crippen molar-refractivity contribution in [3.63, 3.8) is 0 Å². The molecule has 0 aliphatic carbocycles. The lowest BCUT2D eigenvalue weighted by Gasteiger charge is -2.19. The van der Waals surface area contributed by atoms with Gasteiger partial charge in [0.05, 0.1) is 0 Å².